The minimum atomic E-state index is -2.03. The lowest BCUT2D eigenvalue weighted by atomic mass is 9.61. The molecule has 0 N–H and O–H groups in total. The van der Waals surface area contributed by atoms with Crippen molar-refractivity contribution in [3.8, 4) is 0 Å². The van der Waals surface area contributed by atoms with E-state index in [1.54, 1.807) is 0 Å². The highest BCUT2D eigenvalue weighted by Gasteiger charge is 2.66. The average Bonchev–Trinajstić information content (AvgIpc) is 2.91. The van der Waals surface area contributed by atoms with Crippen LogP contribution in [0.4, 0.5) is 0 Å². The summed E-state index contributed by atoms with van der Waals surface area (Å²) < 4.78 is 17.0. The minimum absolute atomic E-state index is 0.0233. The molecule has 4 rings (SSSR count). The Morgan fingerprint density at radius 1 is 0.738 bits per heavy atom. The van der Waals surface area contributed by atoms with E-state index in [1.807, 2.05) is 104 Å². The number of ketones is 1. The van der Waals surface area contributed by atoms with Crippen molar-refractivity contribution in [2.45, 2.75) is 72.1 Å². The van der Waals surface area contributed by atoms with E-state index in [0.29, 0.717) is 22.3 Å². The quantitative estimate of drug-likeness (QED) is 0.441. The number of methoxy groups -OCH3 is 2. The molecule has 0 amide bonds. The molecule has 8 nitrogen and oxygen atoms in total. The largest absolute Gasteiger partial charge is 0.466 e. The molecule has 1 heterocycles. The van der Waals surface area contributed by atoms with E-state index >= 15 is 0 Å². The number of Topliss-reactive ketones (excluding diaryl/α,β-unsaturated/α-hetero) is 1. The standard InChI is InChI=1S/C34H38N2O6/c1-19-11-15-21(16-12-19)23-25(22-17-13-20(2)14-18-22)34(28(23)37)26(31(39)41-10)24(30(38)40-9)27(35-32(3,4)5)29(42-34)36-33(6,7)8/h11-18H,1-10H3. The number of carbonyl (C=O) groups is 3. The number of hydrogen-bond acceptors (Lipinski definition) is 8. The van der Waals surface area contributed by atoms with Crippen molar-refractivity contribution < 1.29 is 28.6 Å². The SMILES string of the molecule is COC(=O)C1=C(C(=O)OC)C2(OC(=NC(C)(C)C)C1=NC(C)(C)C)C(=O)C(c1ccc(C)cc1)=C2c1ccc(C)cc1. The summed E-state index contributed by atoms with van der Waals surface area (Å²) in [4.78, 5) is 51.5. The highest BCUT2D eigenvalue weighted by atomic mass is 16.5. The minimum Gasteiger partial charge on any atom is -0.466 e. The van der Waals surface area contributed by atoms with E-state index < -0.39 is 34.4 Å². The van der Waals surface area contributed by atoms with Crippen molar-refractivity contribution in [1.82, 2.24) is 0 Å². The summed E-state index contributed by atoms with van der Waals surface area (Å²) in [5.74, 6) is -2.30. The fraction of sp³-hybridized carbons (Fsp3) is 0.382. The Kier molecular flexibility index (Phi) is 7.89. The van der Waals surface area contributed by atoms with Crippen LogP contribution in [0.5, 0.6) is 0 Å². The van der Waals surface area contributed by atoms with Gasteiger partial charge >= 0.3 is 11.9 Å². The third kappa shape index (κ3) is 5.45. The van der Waals surface area contributed by atoms with Gasteiger partial charge < -0.3 is 14.2 Å². The van der Waals surface area contributed by atoms with E-state index in [-0.39, 0.29) is 22.8 Å². The first kappa shape index (κ1) is 30.6. The van der Waals surface area contributed by atoms with Gasteiger partial charge in [-0.05, 0) is 66.5 Å². The lowest BCUT2D eigenvalue weighted by molar-refractivity contribution is -0.142. The predicted octanol–water partition coefficient (Wildman–Crippen LogP) is 5.65. The topological polar surface area (TPSA) is 104 Å². The number of esters is 2. The Hall–Kier alpha value is -4.33. The third-order valence-electron chi connectivity index (χ3n) is 6.78. The van der Waals surface area contributed by atoms with Crippen molar-refractivity contribution >= 4 is 40.5 Å². The number of ether oxygens (including phenoxy) is 3. The van der Waals surface area contributed by atoms with Gasteiger partial charge in [0.25, 0.3) is 0 Å². The molecule has 0 saturated carbocycles. The van der Waals surface area contributed by atoms with Crippen molar-refractivity contribution in [2.75, 3.05) is 14.2 Å². The smallest absolute Gasteiger partial charge is 0.340 e. The molecular weight excluding hydrogens is 532 g/mol. The predicted molar refractivity (Wildman–Crippen MR) is 163 cm³/mol. The maximum absolute atomic E-state index is 14.6. The summed E-state index contributed by atoms with van der Waals surface area (Å²) in [6, 6.07) is 15.1. The Morgan fingerprint density at radius 2 is 1.21 bits per heavy atom. The van der Waals surface area contributed by atoms with Gasteiger partial charge in [0.05, 0.1) is 25.3 Å². The van der Waals surface area contributed by atoms with Crippen molar-refractivity contribution in [3.05, 3.63) is 81.9 Å². The first-order valence-electron chi connectivity index (χ1n) is 13.8. The summed E-state index contributed by atoms with van der Waals surface area (Å²) in [5.41, 5.74) is 0.210. The monoisotopic (exact) mass is 570 g/mol. The Bertz CT molecular complexity index is 1580. The molecule has 0 bridgehead atoms. The summed E-state index contributed by atoms with van der Waals surface area (Å²) >= 11 is 0. The molecule has 1 aliphatic carbocycles. The zero-order chi connectivity index (χ0) is 31.2. The Morgan fingerprint density at radius 3 is 1.67 bits per heavy atom. The Balaban J connectivity index is 2.24. The molecule has 0 radical (unpaired) electrons. The van der Waals surface area contributed by atoms with Crippen LogP contribution >= 0.6 is 0 Å². The van der Waals surface area contributed by atoms with Gasteiger partial charge in [-0.15, -0.1) is 0 Å². The molecule has 220 valence electrons. The summed E-state index contributed by atoms with van der Waals surface area (Å²) in [6.45, 7) is 15.0. The molecule has 0 fully saturated rings. The second kappa shape index (κ2) is 10.8. The maximum Gasteiger partial charge on any atom is 0.340 e. The number of nitrogens with zero attached hydrogens (tertiary/aromatic N) is 2. The average molecular weight is 571 g/mol. The fourth-order valence-electron chi connectivity index (χ4n) is 5.03. The molecule has 8 heteroatoms. The van der Waals surface area contributed by atoms with Crippen LogP contribution < -0.4 is 0 Å². The van der Waals surface area contributed by atoms with E-state index in [9.17, 15) is 14.4 Å². The van der Waals surface area contributed by atoms with Gasteiger partial charge in [0, 0.05) is 11.1 Å². The van der Waals surface area contributed by atoms with Gasteiger partial charge in [-0.25, -0.2) is 14.6 Å². The normalized spacial score (nSPS) is 21.0. The van der Waals surface area contributed by atoms with Crippen LogP contribution in [0.15, 0.2) is 69.7 Å². The van der Waals surface area contributed by atoms with Gasteiger partial charge in [-0.3, -0.25) is 9.79 Å². The van der Waals surface area contributed by atoms with E-state index in [1.165, 1.54) is 14.2 Å². The molecule has 42 heavy (non-hydrogen) atoms. The van der Waals surface area contributed by atoms with Crippen LogP contribution in [0.1, 0.15) is 63.8 Å². The molecule has 1 spiro atoms. The zero-order valence-corrected chi connectivity index (χ0v) is 26.0. The first-order valence-corrected chi connectivity index (χ1v) is 13.8. The van der Waals surface area contributed by atoms with E-state index in [2.05, 4.69) is 0 Å². The van der Waals surface area contributed by atoms with Crippen molar-refractivity contribution in [3.63, 3.8) is 0 Å². The van der Waals surface area contributed by atoms with Crippen LogP contribution in [0.2, 0.25) is 0 Å². The molecule has 1 atom stereocenters. The molecule has 1 aliphatic heterocycles. The van der Waals surface area contributed by atoms with Crippen molar-refractivity contribution in [1.29, 1.82) is 0 Å². The molecule has 2 aliphatic rings. The molecule has 0 aromatic heterocycles. The Labute approximate surface area is 247 Å². The van der Waals surface area contributed by atoms with E-state index in [0.717, 1.165) is 11.1 Å². The zero-order valence-electron chi connectivity index (χ0n) is 26.0. The number of carbonyl (C=O) groups excluding carboxylic acids is 3. The highest BCUT2D eigenvalue weighted by molar-refractivity contribution is 6.57. The number of hydrogen-bond donors (Lipinski definition) is 0. The first-order chi connectivity index (χ1) is 19.5. The maximum atomic E-state index is 14.6. The molecule has 2 aromatic carbocycles. The lowest BCUT2D eigenvalue weighted by Crippen LogP contribution is -2.60. The summed E-state index contributed by atoms with van der Waals surface area (Å²) in [7, 11) is 2.40. The van der Waals surface area contributed by atoms with Crippen LogP contribution in [0.25, 0.3) is 11.1 Å². The number of rotatable bonds is 4. The van der Waals surface area contributed by atoms with Crippen LogP contribution in [-0.2, 0) is 28.6 Å². The van der Waals surface area contributed by atoms with Gasteiger partial charge in [0.2, 0.25) is 17.3 Å². The number of aryl methyl sites for hydroxylation is 2. The van der Waals surface area contributed by atoms with Gasteiger partial charge in [0.1, 0.15) is 16.9 Å². The second-order valence-corrected chi connectivity index (χ2v) is 12.5. The summed E-state index contributed by atoms with van der Waals surface area (Å²) in [6.07, 6.45) is 0. The van der Waals surface area contributed by atoms with Gasteiger partial charge in [0.15, 0.2) is 0 Å². The molecule has 1 unspecified atom stereocenters. The number of aliphatic imine (C=N–C) groups is 2. The van der Waals surface area contributed by atoms with Gasteiger partial charge in [-0.1, -0.05) is 59.7 Å². The van der Waals surface area contributed by atoms with Crippen LogP contribution in [0.3, 0.4) is 0 Å². The van der Waals surface area contributed by atoms with Crippen molar-refractivity contribution in [2.24, 2.45) is 9.98 Å². The molecule has 0 saturated heterocycles. The lowest BCUT2D eigenvalue weighted by Gasteiger charge is -2.47. The number of benzene rings is 2. The fourth-order valence-corrected chi connectivity index (χ4v) is 5.03. The van der Waals surface area contributed by atoms with E-state index in [4.69, 9.17) is 24.2 Å². The van der Waals surface area contributed by atoms with Crippen LogP contribution in [-0.4, -0.2) is 60.2 Å². The molecule has 2 aromatic rings. The third-order valence-corrected chi connectivity index (χ3v) is 6.78. The summed E-state index contributed by atoms with van der Waals surface area (Å²) in [5, 5.41) is 0. The van der Waals surface area contributed by atoms with Crippen LogP contribution in [0, 0.1) is 13.8 Å². The molecular formula is C34H38N2O6. The second-order valence-electron chi connectivity index (χ2n) is 12.5. The highest BCUT2D eigenvalue weighted by Crippen LogP contribution is 2.56. The van der Waals surface area contributed by atoms with Gasteiger partial charge in [-0.2, -0.15) is 0 Å².